The van der Waals surface area contributed by atoms with Gasteiger partial charge in [0.05, 0.1) is 6.04 Å². The average molecular weight is 216 g/mol. The second-order valence-corrected chi connectivity index (χ2v) is 3.13. The predicted octanol–water partition coefficient (Wildman–Crippen LogP) is 3.23. The highest BCUT2D eigenvalue weighted by Crippen LogP contribution is 2.18. The molecule has 0 aromatic carbocycles. The van der Waals surface area contributed by atoms with Gasteiger partial charge in [0.2, 0.25) is 0 Å². The largest absolute Gasteiger partial charge is 0.464 e. The van der Waals surface area contributed by atoms with Gasteiger partial charge in [-0.3, -0.25) is 0 Å². The van der Waals surface area contributed by atoms with Crippen molar-refractivity contribution in [2.45, 2.75) is 32.2 Å². The molecule has 3 heteroatoms. The Bertz CT molecular complexity index is 270. The van der Waals surface area contributed by atoms with Gasteiger partial charge in [-0.2, -0.15) is 0 Å². The van der Waals surface area contributed by atoms with E-state index < -0.39 is 0 Å². The first kappa shape index (κ1) is 13.3. The molecule has 2 nitrogen and oxygen atoms in total. The van der Waals surface area contributed by atoms with Crippen LogP contribution in [-0.2, 0) is 6.42 Å². The zero-order valence-electron chi connectivity index (χ0n) is 8.53. The first-order chi connectivity index (χ1) is 6.27. The van der Waals surface area contributed by atoms with E-state index in [0.29, 0.717) is 0 Å². The van der Waals surface area contributed by atoms with Gasteiger partial charge >= 0.3 is 0 Å². The van der Waals surface area contributed by atoms with E-state index in [9.17, 15) is 0 Å². The molecule has 1 aromatic heterocycles. The Kier molecular flexibility index (Phi) is 6.34. The van der Waals surface area contributed by atoms with Crippen molar-refractivity contribution < 1.29 is 4.42 Å². The van der Waals surface area contributed by atoms with Crippen LogP contribution in [0, 0.1) is 0 Å². The second-order valence-electron chi connectivity index (χ2n) is 3.13. The molecule has 0 radical (unpaired) electrons. The van der Waals surface area contributed by atoms with E-state index in [-0.39, 0.29) is 18.4 Å². The summed E-state index contributed by atoms with van der Waals surface area (Å²) in [4.78, 5) is 0. The van der Waals surface area contributed by atoms with E-state index in [1.54, 1.807) is 0 Å². The summed E-state index contributed by atoms with van der Waals surface area (Å²) < 4.78 is 5.53. The molecule has 80 valence electrons. The topological polar surface area (TPSA) is 39.2 Å². The van der Waals surface area contributed by atoms with Crippen LogP contribution in [0.2, 0.25) is 0 Å². The minimum Gasteiger partial charge on any atom is -0.464 e. The van der Waals surface area contributed by atoms with Crippen LogP contribution in [0.5, 0.6) is 0 Å². The first-order valence-corrected chi connectivity index (χ1v) is 4.73. The monoisotopic (exact) mass is 215 g/mol. The third-order valence-corrected chi connectivity index (χ3v) is 2.08. The molecule has 1 heterocycles. The van der Waals surface area contributed by atoms with Gasteiger partial charge in [-0.05, 0) is 25.0 Å². The van der Waals surface area contributed by atoms with Crippen LogP contribution in [-0.4, -0.2) is 0 Å². The molecule has 14 heavy (non-hydrogen) atoms. The molecule has 1 atom stereocenters. The van der Waals surface area contributed by atoms with Gasteiger partial charge in [-0.25, -0.2) is 0 Å². The fraction of sp³-hybridized carbons (Fsp3) is 0.455. The smallest absolute Gasteiger partial charge is 0.120 e. The van der Waals surface area contributed by atoms with E-state index in [1.165, 1.54) is 0 Å². The maximum absolute atomic E-state index is 5.91. The van der Waals surface area contributed by atoms with Crippen molar-refractivity contribution in [3.63, 3.8) is 0 Å². The van der Waals surface area contributed by atoms with E-state index in [0.717, 1.165) is 30.8 Å². The lowest BCUT2D eigenvalue weighted by Gasteiger charge is -2.05. The highest BCUT2D eigenvalue weighted by atomic mass is 35.5. The Hall–Kier alpha value is -0.730. The van der Waals surface area contributed by atoms with Crippen LogP contribution >= 0.6 is 12.4 Å². The molecule has 0 amide bonds. The average Bonchev–Trinajstić information content (AvgIpc) is 2.62. The van der Waals surface area contributed by atoms with Crippen LogP contribution < -0.4 is 5.73 Å². The molecule has 0 fully saturated rings. The quantitative estimate of drug-likeness (QED) is 0.766. The molecule has 1 rings (SSSR count). The van der Waals surface area contributed by atoms with Crippen molar-refractivity contribution in [2.24, 2.45) is 5.73 Å². The molecule has 2 N–H and O–H groups in total. The number of hydrogen-bond acceptors (Lipinski definition) is 2. The van der Waals surface area contributed by atoms with E-state index in [2.05, 4.69) is 13.5 Å². The molecule has 0 aliphatic rings. The summed E-state index contributed by atoms with van der Waals surface area (Å²) in [5.74, 6) is 1.89. The van der Waals surface area contributed by atoms with Crippen LogP contribution in [0.1, 0.15) is 37.3 Å². The third-order valence-electron chi connectivity index (χ3n) is 2.08. The van der Waals surface area contributed by atoms with E-state index in [1.807, 2.05) is 18.2 Å². The van der Waals surface area contributed by atoms with Gasteiger partial charge < -0.3 is 10.2 Å². The van der Waals surface area contributed by atoms with Crippen molar-refractivity contribution in [1.29, 1.82) is 0 Å². The number of nitrogens with two attached hydrogens (primary N) is 1. The minimum atomic E-state index is 0. The summed E-state index contributed by atoms with van der Waals surface area (Å²) >= 11 is 0. The van der Waals surface area contributed by atoms with Crippen molar-refractivity contribution in [3.8, 4) is 0 Å². The van der Waals surface area contributed by atoms with Crippen LogP contribution in [0.4, 0.5) is 0 Å². The lowest BCUT2D eigenvalue weighted by molar-refractivity contribution is 0.426. The molecule has 1 aromatic rings. The summed E-state index contributed by atoms with van der Waals surface area (Å²) in [6, 6.07) is 3.97. The predicted molar refractivity (Wildman–Crippen MR) is 61.7 cm³/mol. The zero-order valence-corrected chi connectivity index (χ0v) is 9.35. The van der Waals surface area contributed by atoms with E-state index in [4.69, 9.17) is 10.2 Å². The summed E-state index contributed by atoms with van der Waals surface area (Å²) in [5, 5.41) is 0. The van der Waals surface area contributed by atoms with Crippen LogP contribution in [0.3, 0.4) is 0 Å². The fourth-order valence-electron chi connectivity index (χ4n) is 1.22. The molecule has 0 bridgehead atoms. The molecule has 0 aliphatic carbocycles. The number of allylic oxidation sites excluding steroid dienone is 1. The van der Waals surface area contributed by atoms with Crippen molar-refractivity contribution >= 4 is 12.4 Å². The number of rotatable bonds is 5. The Labute approximate surface area is 91.6 Å². The van der Waals surface area contributed by atoms with Gasteiger partial charge in [-0.15, -0.1) is 19.0 Å². The molecular weight excluding hydrogens is 198 g/mol. The Morgan fingerprint density at radius 1 is 1.57 bits per heavy atom. The second kappa shape index (κ2) is 6.68. The molecular formula is C11H18ClNO. The first-order valence-electron chi connectivity index (χ1n) is 4.73. The fourth-order valence-corrected chi connectivity index (χ4v) is 1.22. The summed E-state index contributed by atoms with van der Waals surface area (Å²) in [6.45, 7) is 5.73. The molecule has 0 saturated heterocycles. The maximum Gasteiger partial charge on any atom is 0.120 e. The van der Waals surface area contributed by atoms with Crippen molar-refractivity contribution in [1.82, 2.24) is 0 Å². The van der Waals surface area contributed by atoms with Gasteiger partial charge in [0.1, 0.15) is 11.5 Å². The van der Waals surface area contributed by atoms with Crippen molar-refractivity contribution in [3.05, 3.63) is 36.3 Å². The van der Waals surface area contributed by atoms with Crippen LogP contribution in [0.25, 0.3) is 0 Å². The molecule has 0 unspecified atom stereocenters. The minimum absolute atomic E-state index is 0. The number of hydrogen-bond donors (Lipinski definition) is 1. The van der Waals surface area contributed by atoms with Gasteiger partial charge in [0.15, 0.2) is 0 Å². The highest BCUT2D eigenvalue weighted by molar-refractivity contribution is 5.85. The zero-order chi connectivity index (χ0) is 9.68. The van der Waals surface area contributed by atoms with Gasteiger partial charge in [-0.1, -0.05) is 13.0 Å². The molecule has 0 saturated carbocycles. The lowest BCUT2D eigenvalue weighted by atomic mass is 10.1. The lowest BCUT2D eigenvalue weighted by Crippen LogP contribution is -2.08. The SMILES string of the molecule is C=CCC[C@H](N)c1ccc(CC)o1.Cl. The summed E-state index contributed by atoms with van der Waals surface area (Å²) in [6.07, 6.45) is 4.64. The molecule has 0 spiro atoms. The summed E-state index contributed by atoms with van der Waals surface area (Å²) in [5.41, 5.74) is 5.91. The van der Waals surface area contributed by atoms with Gasteiger partial charge in [0.25, 0.3) is 0 Å². The van der Waals surface area contributed by atoms with Crippen molar-refractivity contribution in [2.75, 3.05) is 0 Å². The van der Waals surface area contributed by atoms with E-state index >= 15 is 0 Å². The Morgan fingerprint density at radius 2 is 2.29 bits per heavy atom. The Balaban J connectivity index is 0.00000169. The molecule has 0 aliphatic heterocycles. The number of halogens is 1. The van der Waals surface area contributed by atoms with Gasteiger partial charge in [0, 0.05) is 6.42 Å². The maximum atomic E-state index is 5.91. The number of aryl methyl sites for hydroxylation is 1. The Morgan fingerprint density at radius 3 is 2.79 bits per heavy atom. The van der Waals surface area contributed by atoms with Crippen LogP contribution in [0.15, 0.2) is 29.2 Å². The highest BCUT2D eigenvalue weighted by Gasteiger charge is 2.08. The standard InChI is InChI=1S/C11H17NO.ClH/c1-3-5-6-10(12)11-8-7-9(4-2)13-11;/h3,7-8,10H,1,4-6,12H2,2H3;1H/t10-;/m0./s1. The third kappa shape index (κ3) is 3.56. The summed E-state index contributed by atoms with van der Waals surface area (Å²) in [7, 11) is 0. The number of furan rings is 1. The normalized spacial score (nSPS) is 11.9.